The van der Waals surface area contributed by atoms with E-state index in [9.17, 15) is 4.39 Å². The van der Waals surface area contributed by atoms with Crippen LogP contribution in [-0.4, -0.2) is 10.1 Å². The lowest BCUT2D eigenvalue weighted by Crippen LogP contribution is -1.90. The van der Waals surface area contributed by atoms with Gasteiger partial charge in [0.15, 0.2) is 6.39 Å². The minimum Gasteiger partial charge on any atom is -0.451 e. The van der Waals surface area contributed by atoms with Gasteiger partial charge in [-0.25, -0.2) is 9.37 Å². The van der Waals surface area contributed by atoms with Crippen LogP contribution in [0.5, 0.6) is 0 Å². The van der Waals surface area contributed by atoms with Crippen molar-refractivity contribution in [2.24, 2.45) is 0 Å². The average molecular weight is 193 g/mol. The molecule has 0 aliphatic heterocycles. The number of hydrogen-bond donors (Lipinski definition) is 1. The van der Waals surface area contributed by atoms with Crippen molar-refractivity contribution in [1.82, 2.24) is 4.98 Å². The second-order valence-electron chi connectivity index (χ2n) is 2.83. The summed E-state index contributed by atoms with van der Waals surface area (Å²) in [5.41, 5.74) is 1.70. The van der Waals surface area contributed by atoms with Crippen LogP contribution in [0.1, 0.15) is 5.56 Å². The van der Waals surface area contributed by atoms with Gasteiger partial charge in [0, 0.05) is 5.56 Å². The second kappa shape index (κ2) is 3.59. The molecule has 0 fully saturated rings. The number of oxazole rings is 1. The Hall–Kier alpha value is -1.68. The molecule has 1 N–H and O–H groups in total. The number of nitrogens with zero attached hydrogens (tertiary/aromatic N) is 1. The SMILES string of the molecule is OCc1ccc(F)cc1-c1cocn1. The van der Waals surface area contributed by atoms with Crippen molar-refractivity contribution in [3.8, 4) is 11.3 Å². The topological polar surface area (TPSA) is 46.3 Å². The summed E-state index contributed by atoms with van der Waals surface area (Å²) >= 11 is 0. The van der Waals surface area contributed by atoms with Crippen LogP contribution in [0, 0.1) is 5.82 Å². The van der Waals surface area contributed by atoms with Gasteiger partial charge in [-0.15, -0.1) is 0 Å². The Morgan fingerprint density at radius 1 is 1.43 bits per heavy atom. The highest BCUT2D eigenvalue weighted by Gasteiger charge is 2.07. The summed E-state index contributed by atoms with van der Waals surface area (Å²) in [5.74, 6) is -0.361. The molecule has 2 aromatic rings. The summed E-state index contributed by atoms with van der Waals surface area (Å²) in [4.78, 5) is 3.89. The fraction of sp³-hybridized carbons (Fsp3) is 0.100. The summed E-state index contributed by atoms with van der Waals surface area (Å²) < 4.78 is 17.7. The normalized spacial score (nSPS) is 10.4. The Morgan fingerprint density at radius 3 is 2.93 bits per heavy atom. The van der Waals surface area contributed by atoms with Crippen molar-refractivity contribution in [1.29, 1.82) is 0 Å². The highest BCUT2D eigenvalue weighted by molar-refractivity contribution is 5.62. The first-order valence-corrected chi connectivity index (χ1v) is 4.09. The van der Waals surface area contributed by atoms with Crippen molar-refractivity contribution < 1.29 is 13.9 Å². The molecule has 0 aliphatic rings. The summed E-state index contributed by atoms with van der Waals surface area (Å²) in [6, 6.07) is 4.15. The molecular weight excluding hydrogens is 185 g/mol. The Bertz CT molecular complexity index is 426. The number of aliphatic hydroxyl groups excluding tert-OH is 1. The molecule has 1 aromatic heterocycles. The average Bonchev–Trinajstić information content (AvgIpc) is 2.70. The van der Waals surface area contributed by atoms with E-state index in [-0.39, 0.29) is 12.4 Å². The third kappa shape index (κ3) is 1.52. The molecule has 3 nitrogen and oxygen atoms in total. The number of rotatable bonds is 2. The van der Waals surface area contributed by atoms with Crippen LogP contribution in [0.4, 0.5) is 4.39 Å². The lowest BCUT2D eigenvalue weighted by atomic mass is 10.1. The summed E-state index contributed by atoms with van der Waals surface area (Å²) in [5, 5.41) is 9.03. The minimum atomic E-state index is -0.361. The van der Waals surface area contributed by atoms with Crippen molar-refractivity contribution in [3.63, 3.8) is 0 Å². The van der Waals surface area contributed by atoms with E-state index in [2.05, 4.69) is 4.98 Å². The van der Waals surface area contributed by atoms with Gasteiger partial charge in [-0.3, -0.25) is 0 Å². The van der Waals surface area contributed by atoms with Gasteiger partial charge in [-0.1, -0.05) is 6.07 Å². The largest absolute Gasteiger partial charge is 0.451 e. The van der Waals surface area contributed by atoms with E-state index < -0.39 is 0 Å². The lowest BCUT2D eigenvalue weighted by molar-refractivity contribution is 0.282. The van der Waals surface area contributed by atoms with Gasteiger partial charge in [0.1, 0.15) is 17.8 Å². The molecule has 0 atom stereocenters. The van der Waals surface area contributed by atoms with Crippen LogP contribution in [-0.2, 0) is 6.61 Å². The highest BCUT2D eigenvalue weighted by atomic mass is 19.1. The molecular formula is C10H8FNO2. The zero-order valence-electron chi connectivity index (χ0n) is 7.27. The molecule has 0 amide bonds. The van der Waals surface area contributed by atoms with E-state index in [1.54, 1.807) is 0 Å². The van der Waals surface area contributed by atoms with E-state index in [1.165, 1.54) is 30.9 Å². The third-order valence-corrected chi connectivity index (χ3v) is 1.95. The van der Waals surface area contributed by atoms with E-state index in [0.29, 0.717) is 16.8 Å². The molecule has 0 radical (unpaired) electrons. The maximum Gasteiger partial charge on any atom is 0.181 e. The van der Waals surface area contributed by atoms with E-state index in [1.807, 2.05) is 0 Å². The molecule has 4 heteroatoms. The standard InChI is InChI=1S/C10H8FNO2/c11-8-2-1-7(4-13)9(3-8)10-5-14-6-12-10/h1-3,5-6,13H,4H2. The Morgan fingerprint density at radius 2 is 2.29 bits per heavy atom. The lowest BCUT2D eigenvalue weighted by Gasteiger charge is -2.03. The van der Waals surface area contributed by atoms with Crippen LogP contribution in [0.25, 0.3) is 11.3 Å². The monoisotopic (exact) mass is 193 g/mol. The van der Waals surface area contributed by atoms with Gasteiger partial charge < -0.3 is 9.52 Å². The molecule has 0 spiro atoms. The molecule has 0 bridgehead atoms. The Labute approximate surface area is 79.8 Å². The predicted molar refractivity (Wildman–Crippen MR) is 47.8 cm³/mol. The zero-order valence-corrected chi connectivity index (χ0v) is 7.27. The van der Waals surface area contributed by atoms with Gasteiger partial charge in [0.25, 0.3) is 0 Å². The van der Waals surface area contributed by atoms with Crippen LogP contribution in [0.3, 0.4) is 0 Å². The number of aliphatic hydroxyl groups is 1. The number of halogens is 1. The minimum absolute atomic E-state index is 0.150. The van der Waals surface area contributed by atoms with Crippen molar-refractivity contribution >= 4 is 0 Å². The fourth-order valence-corrected chi connectivity index (χ4v) is 1.27. The van der Waals surface area contributed by atoms with Gasteiger partial charge in [0.05, 0.1) is 6.61 Å². The van der Waals surface area contributed by atoms with E-state index in [0.717, 1.165) is 0 Å². The first-order valence-electron chi connectivity index (χ1n) is 4.09. The molecule has 14 heavy (non-hydrogen) atoms. The number of benzene rings is 1. The van der Waals surface area contributed by atoms with Crippen molar-refractivity contribution in [2.75, 3.05) is 0 Å². The third-order valence-electron chi connectivity index (χ3n) is 1.95. The van der Waals surface area contributed by atoms with Gasteiger partial charge in [0.2, 0.25) is 0 Å². The molecule has 0 unspecified atom stereocenters. The van der Waals surface area contributed by atoms with Crippen molar-refractivity contribution in [3.05, 3.63) is 42.2 Å². The van der Waals surface area contributed by atoms with Crippen LogP contribution >= 0.6 is 0 Å². The molecule has 1 heterocycles. The van der Waals surface area contributed by atoms with Gasteiger partial charge in [-0.2, -0.15) is 0 Å². The fourth-order valence-electron chi connectivity index (χ4n) is 1.27. The molecule has 72 valence electrons. The first kappa shape index (κ1) is 8.90. The smallest absolute Gasteiger partial charge is 0.181 e. The summed E-state index contributed by atoms with van der Waals surface area (Å²) in [6.45, 7) is -0.150. The Balaban J connectivity index is 2.55. The Kier molecular flexibility index (Phi) is 2.28. The highest BCUT2D eigenvalue weighted by Crippen LogP contribution is 2.22. The summed E-state index contributed by atoms with van der Waals surface area (Å²) in [6.07, 6.45) is 2.68. The van der Waals surface area contributed by atoms with E-state index >= 15 is 0 Å². The number of aromatic nitrogens is 1. The number of hydrogen-bond acceptors (Lipinski definition) is 3. The van der Waals surface area contributed by atoms with E-state index in [4.69, 9.17) is 9.52 Å². The predicted octanol–water partition coefficient (Wildman–Crippen LogP) is 1.97. The molecule has 0 saturated heterocycles. The van der Waals surface area contributed by atoms with Crippen LogP contribution < -0.4 is 0 Å². The van der Waals surface area contributed by atoms with Gasteiger partial charge in [-0.05, 0) is 17.7 Å². The first-order chi connectivity index (χ1) is 6.81. The molecule has 2 rings (SSSR count). The quantitative estimate of drug-likeness (QED) is 0.793. The van der Waals surface area contributed by atoms with Gasteiger partial charge >= 0.3 is 0 Å². The molecule has 0 saturated carbocycles. The zero-order chi connectivity index (χ0) is 9.97. The molecule has 0 aliphatic carbocycles. The molecule has 1 aromatic carbocycles. The maximum absolute atomic E-state index is 12.9. The van der Waals surface area contributed by atoms with Crippen LogP contribution in [0.15, 0.2) is 35.3 Å². The van der Waals surface area contributed by atoms with Crippen molar-refractivity contribution in [2.45, 2.75) is 6.61 Å². The van der Waals surface area contributed by atoms with Crippen LogP contribution in [0.2, 0.25) is 0 Å². The summed E-state index contributed by atoms with van der Waals surface area (Å²) in [7, 11) is 0. The maximum atomic E-state index is 12.9. The second-order valence-corrected chi connectivity index (χ2v) is 2.83.